The Hall–Kier alpha value is -0.790. The Balaban J connectivity index is 2.79. The zero-order valence-electron chi connectivity index (χ0n) is 4.97. The Kier molecular flexibility index (Phi) is 0.897. The second-order valence-electron chi connectivity index (χ2n) is 2.30. The second kappa shape index (κ2) is 1.34. The van der Waals surface area contributed by atoms with Crippen molar-refractivity contribution in [2.24, 2.45) is 0 Å². The smallest absolute Gasteiger partial charge is 0.201 e. The molecule has 0 radical (unpaired) electrons. The first-order chi connectivity index (χ1) is 3.63. The Morgan fingerprint density at radius 3 is 2.38 bits per heavy atom. The fourth-order valence-corrected chi connectivity index (χ4v) is 0.525. The van der Waals surface area contributed by atoms with Crippen molar-refractivity contribution in [1.82, 2.24) is 0 Å². The zero-order chi connectivity index (χ0) is 6.20. The van der Waals surface area contributed by atoms with E-state index in [1.165, 1.54) is 12.3 Å². The van der Waals surface area contributed by atoms with Gasteiger partial charge < -0.3 is 4.74 Å². The molecule has 1 heterocycles. The molecule has 1 rings (SSSR count). The van der Waals surface area contributed by atoms with E-state index < -0.39 is 5.60 Å². The third-order valence-corrected chi connectivity index (χ3v) is 1.18. The zero-order valence-corrected chi connectivity index (χ0v) is 4.97. The van der Waals surface area contributed by atoms with E-state index in [0.717, 1.165) is 0 Å². The predicted octanol–water partition coefficient (Wildman–Crippen LogP) is 0.878. The molecule has 0 amide bonds. The number of rotatable bonds is 0. The van der Waals surface area contributed by atoms with Gasteiger partial charge in [-0.15, -0.1) is 0 Å². The van der Waals surface area contributed by atoms with E-state index in [-0.39, 0.29) is 5.78 Å². The van der Waals surface area contributed by atoms with Crippen LogP contribution >= 0.6 is 0 Å². The molecule has 0 bridgehead atoms. The van der Waals surface area contributed by atoms with Gasteiger partial charge in [0.2, 0.25) is 5.78 Å². The standard InChI is InChI=1S/C6H8O2/c1-6(2)5(7)3-4-8-6/h3-4H,1-2H3. The first-order valence-corrected chi connectivity index (χ1v) is 2.52. The van der Waals surface area contributed by atoms with Crippen LogP contribution in [0, 0.1) is 0 Å². The molecule has 0 aromatic heterocycles. The lowest BCUT2D eigenvalue weighted by atomic mass is 10.1. The summed E-state index contributed by atoms with van der Waals surface area (Å²) in [5.74, 6) is 0.0394. The minimum absolute atomic E-state index is 0.0394. The van der Waals surface area contributed by atoms with Crippen molar-refractivity contribution in [3.05, 3.63) is 12.3 Å². The highest BCUT2D eigenvalue weighted by Crippen LogP contribution is 2.16. The minimum atomic E-state index is -0.597. The molecule has 0 saturated carbocycles. The highest BCUT2D eigenvalue weighted by atomic mass is 16.5. The molecule has 44 valence electrons. The van der Waals surface area contributed by atoms with Crippen LogP contribution in [-0.2, 0) is 9.53 Å². The SMILES string of the molecule is CC1(C)OC=CC1=O. The van der Waals surface area contributed by atoms with E-state index >= 15 is 0 Å². The van der Waals surface area contributed by atoms with Crippen LogP contribution in [0.25, 0.3) is 0 Å². The van der Waals surface area contributed by atoms with Crippen LogP contribution < -0.4 is 0 Å². The average Bonchev–Trinajstić information content (AvgIpc) is 1.86. The monoisotopic (exact) mass is 112 g/mol. The molecule has 0 aromatic rings. The summed E-state index contributed by atoms with van der Waals surface area (Å²) in [5, 5.41) is 0. The molecule has 0 saturated heterocycles. The van der Waals surface area contributed by atoms with E-state index in [4.69, 9.17) is 4.74 Å². The summed E-state index contributed by atoms with van der Waals surface area (Å²) in [4.78, 5) is 10.7. The molecule has 0 atom stereocenters. The number of ketones is 1. The maximum atomic E-state index is 10.7. The summed E-state index contributed by atoms with van der Waals surface area (Å²) < 4.78 is 4.92. The Morgan fingerprint density at radius 1 is 1.62 bits per heavy atom. The maximum absolute atomic E-state index is 10.7. The summed E-state index contributed by atoms with van der Waals surface area (Å²) in [6, 6.07) is 0. The molecule has 0 N–H and O–H groups in total. The largest absolute Gasteiger partial charge is 0.487 e. The maximum Gasteiger partial charge on any atom is 0.201 e. The van der Waals surface area contributed by atoms with Crippen LogP contribution in [0.5, 0.6) is 0 Å². The molecule has 2 nitrogen and oxygen atoms in total. The predicted molar refractivity (Wildman–Crippen MR) is 29.3 cm³/mol. The molecule has 1 aliphatic rings. The molecule has 0 spiro atoms. The van der Waals surface area contributed by atoms with Crippen molar-refractivity contribution in [2.75, 3.05) is 0 Å². The van der Waals surface area contributed by atoms with E-state index in [1.807, 2.05) is 0 Å². The lowest BCUT2D eigenvalue weighted by Crippen LogP contribution is -2.27. The van der Waals surface area contributed by atoms with Crippen LogP contribution in [0.2, 0.25) is 0 Å². The molecule has 2 heteroatoms. The van der Waals surface area contributed by atoms with Crippen molar-refractivity contribution in [3.63, 3.8) is 0 Å². The number of hydrogen-bond donors (Lipinski definition) is 0. The van der Waals surface area contributed by atoms with Gasteiger partial charge in [0.1, 0.15) is 0 Å². The van der Waals surface area contributed by atoms with Crippen LogP contribution in [0.3, 0.4) is 0 Å². The van der Waals surface area contributed by atoms with E-state index in [0.29, 0.717) is 0 Å². The summed E-state index contributed by atoms with van der Waals surface area (Å²) in [6.07, 6.45) is 2.88. The van der Waals surface area contributed by atoms with Crippen molar-refractivity contribution >= 4 is 5.78 Å². The Labute approximate surface area is 48.1 Å². The molecular weight excluding hydrogens is 104 g/mol. The summed E-state index contributed by atoms with van der Waals surface area (Å²) in [6.45, 7) is 3.49. The number of ether oxygens (including phenoxy) is 1. The quantitative estimate of drug-likeness (QED) is 0.465. The molecule has 0 unspecified atom stereocenters. The lowest BCUT2D eigenvalue weighted by molar-refractivity contribution is -0.126. The van der Waals surface area contributed by atoms with Gasteiger partial charge in [-0.25, -0.2) is 0 Å². The fourth-order valence-electron chi connectivity index (χ4n) is 0.525. The molecular formula is C6H8O2. The lowest BCUT2D eigenvalue weighted by Gasteiger charge is -2.13. The van der Waals surface area contributed by atoms with Crippen molar-refractivity contribution in [1.29, 1.82) is 0 Å². The van der Waals surface area contributed by atoms with Gasteiger partial charge in [0.25, 0.3) is 0 Å². The van der Waals surface area contributed by atoms with Crippen LogP contribution in [0.1, 0.15) is 13.8 Å². The van der Waals surface area contributed by atoms with Gasteiger partial charge in [-0.05, 0) is 13.8 Å². The molecule has 1 aliphatic heterocycles. The third kappa shape index (κ3) is 0.619. The fraction of sp³-hybridized carbons (Fsp3) is 0.500. The number of carbonyl (C=O) groups is 1. The van der Waals surface area contributed by atoms with Crippen molar-refractivity contribution < 1.29 is 9.53 Å². The molecule has 8 heavy (non-hydrogen) atoms. The van der Waals surface area contributed by atoms with E-state index in [9.17, 15) is 4.79 Å². The van der Waals surface area contributed by atoms with Gasteiger partial charge in [0.05, 0.1) is 6.26 Å². The molecule has 0 aliphatic carbocycles. The Bertz CT molecular complexity index is 145. The topological polar surface area (TPSA) is 26.3 Å². The van der Waals surface area contributed by atoms with Crippen molar-refractivity contribution in [2.45, 2.75) is 19.4 Å². The van der Waals surface area contributed by atoms with Crippen LogP contribution in [0.15, 0.2) is 12.3 Å². The van der Waals surface area contributed by atoms with Crippen LogP contribution in [-0.4, -0.2) is 11.4 Å². The Morgan fingerprint density at radius 2 is 2.25 bits per heavy atom. The van der Waals surface area contributed by atoms with E-state index in [2.05, 4.69) is 0 Å². The first-order valence-electron chi connectivity index (χ1n) is 2.52. The number of carbonyl (C=O) groups excluding carboxylic acids is 1. The average molecular weight is 112 g/mol. The molecule has 0 fully saturated rings. The van der Waals surface area contributed by atoms with Gasteiger partial charge in [-0.2, -0.15) is 0 Å². The van der Waals surface area contributed by atoms with Gasteiger partial charge in [0, 0.05) is 6.08 Å². The normalized spacial score (nSPS) is 23.5. The summed E-state index contributed by atoms with van der Waals surface area (Å²) >= 11 is 0. The van der Waals surface area contributed by atoms with Crippen LogP contribution in [0.4, 0.5) is 0 Å². The minimum Gasteiger partial charge on any atom is -0.487 e. The summed E-state index contributed by atoms with van der Waals surface area (Å²) in [5.41, 5.74) is -0.597. The van der Waals surface area contributed by atoms with Gasteiger partial charge in [-0.3, -0.25) is 4.79 Å². The first kappa shape index (κ1) is 5.35. The highest BCUT2D eigenvalue weighted by Gasteiger charge is 2.29. The summed E-state index contributed by atoms with van der Waals surface area (Å²) in [7, 11) is 0. The van der Waals surface area contributed by atoms with Gasteiger partial charge >= 0.3 is 0 Å². The van der Waals surface area contributed by atoms with Gasteiger partial charge in [-0.1, -0.05) is 0 Å². The third-order valence-electron chi connectivity index (χ3n) is 1.18. The van der Waals surface area contributed by atoms with Gasteiger partial charge in [0.15, 0.2) is 5.60 Å². The molecule has 0 aromatic carbocycles. The van der Waals surface area contributed by atoms with E-state index in [1.54, 1.807) is 13.8 Å². The number of hydrogen-bond acceptors (Lipinski definition) is 2. The second-order valence-corrected chi connectivity index (χ2v) is 2.30. The van der Waals surface area contributed by atoms with Crippen molar-refractivity contribution in [3.8, 4) is 0 Å². The highest BCUT2D eigenvalue weighted by molar-refractivity contribution is 5.97.